The third-order valence-corrected chi connectivity index (χ3v) is 8.02. The van der Waals surface area contributed by atoms with Crippen molar-refractivity contribution >= 4 is 16.0 Å². The first kappa shape index (κ1) is 25.8. The molecule has 0 radical (unpaired) electrons. The second-order valence-electron chi connectivity index (χ2n) is 8.55. The molecule has 3 aromatic rings. The highest BCUT2D eigenvalue weighted by atomic mass is 32.2. The van der Waals surface area contributed by atoms with E-state index in [1.54, 1.807) is 49.0 Å². The number of aryl methyl sites for hydroxylation is 1. The lowest BCUT2D eigenvalue weighted by molar-refractivity contribution is 0.0210. The van der Waals surface area contributed by atoms with E-state index in [1.165, 1.54) is 14.2 Å². The first-order chi connectivity index (χ1) is 17.3. The summed E-state index contributed by atoms with van der Waals surface area (Å²) in [5, 5.41) is 10.9. The maximum atomic E-state index is 13.5. The molecule has 0 saturated carbocycles. The summed E-state index contributed by atoms with van der Waals surface area (Å²) < 4.78 is 48.3. The van der Waals surface area contributed by atoms with Gasteiger partial charge in [-0.15, -0.1) is 10.2 Å². The minimum absolute atomic E-state index is 0.00847. The summed E-state index contributed by atoms with van der Waals surface area (Å²) in [6.45, 7) is 6.93. The highest BCUT2D eigenvalue weighted by Gasteiger charge is 2.34. The van der Waals surface area contributed by atoms with E-state index >= 15 is 0 Å². The Morgan fingerprint density at radius 1 is 1.14 bits per heavy atom. The molecule has 0 aliphatic carbocycles. The minimum Gasteiger partial charge on any atom is -0.494 e. The Bertz CT molecular complexity index is 1270. The second-order valence-corrected chi connectivity index (χ2v) is 10.6. The molecule has 1 saturated heterocycles. The summed E-state index contributed by atoms with van der Waals surface area (Å²) in [5.74, 6) is 1.26. The van der Waals surface area contributed by atoms with Gasteiger partial charge in [-0.2, -0.15) is 0 Å². The summed E-state index contributed by atoms with van der Waals surface area (Å²) in [7, 11) is -0.901. The third kappa shape index (κ3) is 5.13. The number of sulfonamides is 1. The molecular weight excluding hydrogens is 486 g/mol. The quantitative estimate of drug-likeness (QED) is 0.432. The number of hydrogen-bond acceptors (Lipinski definition) is 10. The van der Waals surface area contributed by atoms with E-state index in [-0.39, 0.29) is 5.95 Å². The molecule has 2 aromatic heterocycles. The van der Waals surface area contributed by atoms with Crippen LogP contribution in [0.5, 0.6) is 11.5 Å². The largest absolute Gasteiger partial charge is 0.494 e. The van der Waals surface area contributed by atoms with E-state index in [4.69, 9.17) is 14.2 Å². The van der Waals surface area contributed by atoms with Gasteiger partial charge in [-0.3, -0.25) is 9.29 Å². The fourth-order valence-corrected chi connectivity index (χ4v) is 5.14. The van der Waals surface area contributed by atoms with Crippen LogP contribution in [0.3, 0.4) is 0 Å². The average molecular weight is 518 g/mol. The van der Waals surface area contributed by atoms with Crippen molar-refractivity contribution in [1.29, 1.82) is 0 Å². The molecule has 1 fully saturated rings. The van der Waals surface area contributed by atoms with Gasteiger partial charge in [0.05, 0.1) is 26.1 Å². The maximum absolute atomic E-state index is 13.5. The molecule has 194 valence electrons. The zero-order valence-corrected chi connectivity index (χ0v) is 21.7. The Labute approximate surface area is 210 Å². The van der Waals surface area contributed by atoms with Gasteiger partial charge in [-0.05, 0) is 31.5 Å². The van der Waals surface area contributed by atoms with Gasteiger partial charge in [-0.1, -0.05) is 13.0 Å². The van der Waals surface area contributed by atoms with Crippen molar-refractivity contribution in [1.82, 2.24) is 30.0 Å². The first-order valence-corrected chi connectivity index (χ1v) is 13.1. The highest BCUT2D eigenvalue weighted by Crippen LogP contribution is 2.37. The van der Waals surface area contributed by atoms with Gasteiger partial charge in [0.2, 0.25) is 16.0 Å². The fourth-order valence-electron chi connectivity index (χ4n) is 3.91. The van der Waals surface area contributed by atoms with Crippen LogP contribution in [-0.4, -0.2) is 72.3 Å². The van der Waals surface area contributed by atoms with E-state index in [9.17, 15) is 8.42 Å². The van der Waals surface area contributed by atoms with E-state index in [0.717, 1.165) is 5.56 Å². The number of para-hydroxylation sites is 1. The summed E-state index contributed by atoms with van der Waals surface area (Å²) in [6, 6.07) is 5.28. The smallest absolute Gasteiger partial charge is 0.243 e. The van der Waals surface area contributed by atoms with Crippen LogP contribution in [0.1, 0.15) is 43.1 Å². The van der Waals surface area contributed by atoms with Crippen LogP contribution in [0, 0.1) is 6.92 Å². The number of methoxy groups -OCH3 is 2. The van der Waals surface area contributed by atoms with Gasteiger partial charge in [0.1, 0.15) is 29.1 Å². The Morgan fingerprint density at radius 3 is 2.39 bits per heavy atom. The SMILES string of the molecule is COc1cccc(OC)c1-n1c(NS(=O)(=O)C(C)C(C)c2ncc(C)cn2)nnc1[C@@H]1CNCCO1. The second kappa shape index (κ2) is 10.8. The molecule has 12 nitrogen and oxygen atoms in total. The number of hydrogen-bond donors (Lipinski definition) is 2. The highest BCUT2D eigenvalue weighted by molar-refractivity contribution is 7.93. The van der Waals surface area contributed by atoms with Crippen molar-refractivity contribution < 1.29 is 22.6 Å². The molecule has 13 heteroatoms. The molecular formula is C23H31N7O5S. The van der Waals surface area contributed by atoms with Crippen LogP contribution >= 0.6 is 0 Å². The third-order valence-electron chi connectivity index (χ3n) is 6.16. The lowest BCUT2D eigenvalue weighted by Gasteiger charge is -2.25. The summed E-state index contributed by atoms with van der Waals surface area (Å²) in [4.78, 5) is 8.61. The molecule has 3 atom stereocenters. The normalized spacial score (nSPS) is 17.9. The van der Waals surface area contributed by atoms with E-state index in [1.807, 2.05) is 6.92 Å². The summed E-state index contributed by atoms with van der Waals surface area (Å²) in [6.07, 6.45) is 2.87. The monoisotopic (exact) mass is 517 g/mol. The minimum atomic E-state index is -3.95. The first-order valence-electron chi connectivity index (χ1n) is 11.6. The van der Waals surface area contributed by atoms with Crippen molar-refractivity contribution in [3.05, 3.63) is 47.8 Å². The molecule has 1 aromatic carbocycles. The lowest BCUT2D eigenvalue weighted by Crippen LogP contribution is -2.35. The number of benzene rings is 1. The molecule has 0 bridgehead atoms. The van der Waals surface area contributed by atoms with Crippen molar-refractivity contribution in [2.24, 2.45) is 0 Å². The molecule has 2 N–H and O–H groups in total. The van der Waals surface area contributed by atoms with Crippen LogP contribution in [-0.2, 0) is 14.8 Å². The van der Waals surface area contributed by atoms with Crippen LogP contribution in [0.4, 0.5) is 5.95 Å². The van der Waals surface area contributed by atoms with Crippen molar-refractivity contribution in [3.8, 4) is 17.2 Å². The number of anilines is 1. The number of ether oxygens (including phenoxy) is 3. The van der Waals surface area contributed by atoms with Gasteiger partial charge in [-0.25, -0.2) is 18.4 Å². The number of aromatic nitrogens is 5. The molecule has 0 amide bonds. The molecule has 0 spiro atoms. The van der Waals surface area contributed by atoms with E-state index in [2.05, 4.69) is 30.2 Å². The van der Waals surface area contributed by atoms with Gasteiger partial charge in [0, 0.05) is 31.4 Å². The zero-order chi connectivity index (χ0) is 25.9. The maximum Gasteiger partial charge on any atom is 0.243 e. The fraction of sp³-hybridized carbons (Fsp3) is 0.478. The Balaban J connectivity index is 1.77. The summed E-state index contributed by atoms with van der Waals surface area (Å²) in [5.41, 5.74) is 1.35. The van der Waals surface area contributed by atoms with Crippen molar-refractivity contribution in [2.45, 2.75) is 38.0 Å². The number of nitrogens with zero attached hydrogens (tertiary/aromatic N) is 5. The van der Waals surface area contributed by atoms with Gasteiger partial charge in [0.15, 0.2) is 5.82 Å². The summed E-state index contributed by atoms with van der Waals surface area (Å²) >= 11 is 0. The number of morpholine rings is 1. The van der Waals surface area contributed by atoms with E-state index in [0.29, 0.717) is 48.5 Å². The van der Waals surface area contributed by atoms with Crippen LogP contribution in [0.25, 0.3) is 5.69 Å². The number of nitrogens with one attached hydrogen (secondary N) is 2. The molecule has 2 unspecified atom stereocenters. The predicted octanol–water partition coefficient (Wildman–Crippen LogP) is 1.98. The predicted molar refractivity (Wildman–Crippen MR) is 133 cm³/mol. The van der Waals surface area contributed by atoms with Gasteiger partial charge < -0.3 is 19.5 Å². The van der Waals surface area contributed by atoms with Gasteiger partial charge >= 0.3 is 0 Å². The zero-order valence-electron chi connectivity index (χ0n) is 20.9. The van der Waals surface area contributed by atoms with Crippen LogP contribution < -0.4 is 19.5 Å². The van der Waals surface area contributed by atoms with Gasteiger partial charge in [0.25, 0.3) is 0 Å². The number of rotatable bonds is 9. The molecule has 3 heterocycles. The topological polar surface area (TPSA) is 142 Å². The Morgan fingerprint density at radius 2 is 1.81 bits per heavy atom. The Hall–Kier alpha value is -3.29. The van der Waals surface area contributed by atoms with E-state index < -0.39 is 27.3 Å². The van der Waals surface area contributed by atoms with Crippen LogP contribution in [0.15, 0.2) is 30.6 Å². The molecule has 1 aliphatic heterocycles. The lowest BCUT2D eigenvalue weighted by atomic mass is 10.1. The molecule has 1 aliphatic rings. The van der Waals surface area contributed by atoms with Crippen molar-refractivity contribution in [2.75, 3.05) is 38.6 Å². The van der Waals surface area contributed by atoms with Crippen LogP contribution in [0.2, 0.25) is 0 Å². The standard InChI is InChI=1S/C23H31N7O5S/c1-14-11-25-21(26-12-14)15(2)16(3)36(31,32)29-23-28-27-22(19-13-24-9-10-35-19)30(23)20-17(33-4)7-6-8-18(20)34-5/h6-8,11-12,15-16,19,24H,9-10,13H2,1-5H3,(H,28,29)/t15?,16?,19-/m0/s1. The molecule has 36 heavy (non-hydrogen) atoms. The van der Waals surface area contributed by atoms with Crippen molar-refractivity contribution in [3.63, 3.8) is 0 Å². The Kier molecular flexibility index (Phi) is 7.71. The average Bonchev–Trinajstić information content (AvgIpc) is 3.30. The molecule has 4 rings (SSSR count).